The minimum absolute atomic E-state index is 0.00180. The van der Waals surface area contributed by atoms with Crippen molar-refractivity contribution in [1.29, 1.82) is 5.26 Å². The van der Waals surface area contributed by atoms with E-state index >= 15 is 0 Å². The number of carbonyl (C=O) groups excluding carboxylic acids is 1. The predicted molar refractivity (Wildman–Crippen MR) is 79.1 cm³/mol. The van der Waals surface area contributed by atoms with Gasteiger partial charge in [0.2, 0.25) is 0 Å². The molecule has 2 aromatic heterocycles. The molecule has 3 N–H and O–H groups in total. The van der Waals surface area contributed by atoms with E-state index in [2.05, 4.69) is 20.3 Å². The molecule has 2 heterocycles. The van der Waals surface area contributed by atoms with E-state index in [1.807, 2.05) is 6.07 Å². The number of nitrogens with one attached hydrogen (secondary N) is 2. The molecule has 0 aliphatic heterocycles. The maximum atomic E-state index is 12.3. The van der Waals surface area contributed by atoms with E-state index in [0.29, 0.717) is 22.6 Å². The van der Waals surface area contributed by atoms with Gasteiger partial charge in [-0.25, -0.2) is 9.97 Å². The molecule has 0 aromatic carbocycles. The number of amides is 1. The molecule has 2 aromatic rings. The number of nitrogens with zero attached hydrogens (tertiary/aromatic N) is 3. The topological polar surface area (TPSA) is 115 Å². The summed E-state index contributed by atoms with van der Waals surface area (Å²) in [4.78, 5) is 24.0. The van der Waals surface area contributed by atoms with Gasteiger partial charge in [-0.3, -0.25) is 4.79 Å². The molecule has 1 amide bonds. The molecule has 0 saturated heterocycles. The molecule has 7 heteroatoms. The molecule has 1 saturated carbocycles. The quantitative estimate of drug-likeness (QED) is 0.768. The second-order valence-electron chi connectivity index (χ2n) is 5.98. The Labute approximate surface area is 127 Å². The van der Waals surface area contributed by atoms with Crippen molar-refractivity contribution in [2.75, 3.05) is 6.54 Å². The summed E-state index contributed by atoms with van der Waals surface area (Å²) in [6, 6.07) is 1.89. The highest BCUT2D eigenvalue weighted by atomic mass is 16.3. The van der Waals surface area contributed by atoms with Crippen molar-refractivity contribution < 1.29 is 9.90 Å². The maximum absolute atomic E-state index is 12.3. The first-order valence-electron chi connectivity index (χ1n) is 7.22. The molecule has 0 bridgehead atoms. The number of nitriles is 1. The van der Waals surface area contributed by atoms with Gasteiger partial charge < -0.3 is 15.4 Å². The first-order valence-corrected chi connectivity index (χ1v) is 7.22. The Morgan fingerprint density at radius 2 is 2.41 bits per heavy atom. The van der Waals surface area contributed by atoms with Crippen molar-refractivity contribution in [3.05, 3.63) is 23.7 Å². The predicted octanol–water partition coefficient (Wildman–Crippen LogP) is 1.23. The molecule has 1 atom stereocenters. The highest BCUT2D eigenvalue weighted by Crippen LogP contribution is 2.39. The Kier molecular flexibility index (Phi) is 3.54. The first-order chi connectivity index (χ1) is 10.5. The minimum atomic E-state index is -1.25. The van der Waals surface area contributed by atoms with Crippen LogP contribution in [0.4, 0.5) is 0 Å². The van der Waals surface area contributed by atoms with Crippen molar-refractivity contribution in [3.63, 3.8) is 0 Å². The van der Waals surface area contributed by atoms with Crippen LogP contribution in [0.1, 0.15) is 48.2 Å². The number of aliphatic hydroxyl groups is 1. The average Bonchev–Trinajstić information content (AvgIpc) is 3.24. The summed E-state index contributed by atoms with van der Waals surface area (Å²) in [5, 5.41) is 21.2. The summed E-state index contributed by atoms with van der Waals surface area (Å²) in [6.45, 7) is 1.51. The lowest BCUT2D eigenvalue weighted by Gasteiger charge is -2.19. The molecule has 1 aliphatic rings. The van der Waals surface area contributed by atoms with Crippen molar-refractivity contribution >= 4 is 17.1 Å². The van der Waals surface area contributed by atoms with E-state index in [0.717, 1.165) is 18.5 Å². The highest BCUT2D eigenvalue weighted by molar-refractivity contribution is 6.04. The van der Waals surface area contributed by atoms with Crippen LogP contribution < -0.4 is 5.32 Å². The Morgan fingerprint density at radius 3 is 3.09 bits per heavy atom. The van der Waals surface area contributed by atoms with E-state index < -0.39 is 5.60 Å². The van der Waals surface area contributed by atoms with Crippen molar-refractivity contribution in [2.24, 2.45) is 0 Å². The largest absolute Gasteiger partial charge is 0.387 e. The molecular formula is C15H17N5O2. The Balaban J connectivity index is 1.79. The molecular weight excluding hydrogens is 282 g/mol. The van der Waals surface area contributed by atoms with Crippen molar-refractivity contribution in [2.45, 2.75) is 37.7 Å². The second kappa shape index (κ2) is 5.39. The van der Waals surface area contributed by atoms with Gasteiger partial charge in [0, 0.05) is 18.7 Å². The standard InChI is InChI=1S/C15H17N5O2/c1-15(22,4-5-16)8-19-14(21)10-6-17-13-12(10)20-11(7-18-13)9-2-3-9/h6-7,9,22H,2-4,8H2,1H3,(H,17,18)(H,19,21)/t15-/m1/s1. The van der Waals surface area contributed by atoms with E-state index in [9.17, 15) is 9.90 Å². The van der Waals surface area contributed by atoms with Crippen LogP contribution in [0.3, 0.4) is 0 Å². The molecule has 0 unspecified atom stereocenters. The third kappa shape index (κ3) is 2.92. The fourth-order valence-corrected chi connectivity index (χ4v) is 2.25. The van der Waals surface area contributed by atoms with Gasteiger partial charge in [-0.05, 0) is 19.8 Å². The van der Waals surface area contributed by atoms with Crippen LogP contribution in [0.15, 0.2) is 12.4 Å². The lowest BCUT2D eigenvalue weighted by molar-refractivity contribution is 0.0588. The highest BCUT2D eigenvalue weighted by Gasteiger charge is 2.27. The molecule has 22 heavy (non-hydrogen) atoms. The van der Waals surface area contributed by atoms with E-state index in [1.165, 1.54) is 6.92 Å². The van der Waals surface area contributed by atoms with Gasteiger partial charge in [0.05, 0.1) is 35.5 Å². The minimum Gasteiger partial charge on any atom is -0.387 e. The number of aromatic nitrogens is 3. The van der Waals surface area contributed by atoms with Gasteiger partial charge in [-0.2, -0.15) is 5.26 Å². The molecule has 0 radical (unpaired) electrons. The summed E-state index contributed by atoms with van der Waals surface area (Å²) in [5.41, 5.74) is 1.18. The number of hydrogen-bond donors (Lipinski definition) is 3. The lowest BCUT2D eigenvalue weighted by atomic mass is 10.0. The third-order valence-corrected chi connectivity index (χ3v) is 3.73. The molecule has 1 aliphatic carbocycles. The number of hydrogen-bond acceptors (Lipinski definition) is 5. The van der Waals surface area contributed by atoms with Gasteiger partial charge in [0.25, 0.3) is 5.91 Å². The summed E-state index contributed by atoms with van der Waals surface area (Å²) in [7, 11) is 0. The SMILES string of the molecule is C[C@@](O)(CC#N)CNC(=O)c1c[nH]c2ncc(C3CC3)nc12. The Bertz CT molecular complexity index is 755. The lowest BCUT2D eigenvalue weighted by Crippen LogP contribution is -2.40. The zero-order valence-electron chi connectivity index (χ0n) is 12.3. The maximum Gasteiger partial charge on any atom is 0.255 e. The number of rotatable bonds is 5. The summed E-state index contributed by atoms with van der Waals surface area (Å²) in [5.74, 6) is 0.116. The number of fused-ring (bicyclic) bond motifs is 1. The van der Waals surface area contributed by atoms with Crippen LogP contribution in [-0.2, 0) is 0 Å². The van der Waals surface area contributed by atoms with E-state index in [4.69, 9.17) is 5.26 Å². The molecule has 7 nitrogen and oxygen atoms in total. The first kappa shape index (κ1) is 14.5. The van der Waals surface area contributed by atoms with E-state index in [1.54, 1.807) is 12.4 Å². The van der Waals surface area contributed by atoms with Crippen LogP contribution in [-0.4, -0.2) is 38.1 Å². The molecule has 0 spiro atoms. The third-order valence-electron chi connectivity index (χ3n) is 3.73. The smallest absolute Gasteiger partial charge is 0.255 e. The zero-order valence-corrected chi connectivity index (χ0v) is 12.3. The van der Waals surface area contributed by atoms with Crippen molar-refractivity contribution in [1.82, 2.24) is 20.3 Å². The van der Waals surface area contributed by atoms with Crippen LogP contribution in [0.25, 0.3) is 11.2 Å². The van der Waals surface area contributed by atoms with Crippen molar-refractivity contribution in [3.8, 4) is 6.07 Å². The zero-order chi connectivity index (χ0) is 15.7. The summed E-state index contributed by atoms with van der Waals surface area (Å²) in [6.07, 6.45) is 5.49. The van der Waals surface area contributed by atoms with Gasteiger partial charge >= 0.3 is 0 Å². The normalized spacial score (nSPS) is 17.0. The number of aromatic amines is 1. The molecule has 3 rings (SSSR count). The van der Waals surface area contributed by atoms with Gasteiger partial charge in [-0.15, -0.1) is 0 Å². The molecule has 1 fully saturated rings. The van der Waals surface area contributed by atoms with Crippen LogP contribution in [0.2, 0.25) is 0 Å². The van der Waals surface area contributed by atoms with Gasteiger partial charge in [0.15, 0.2) is 5.65 Å². The van der Waals surface area contributed by atoms with Gasteiger partial charge in [-0.1, -0.05) is 0 Å². The number of H-pyrrole nitrogens is 1. The monoisotopic (exact) mass is 299 g/mol. The van der Waals surface area contributed by atoms with E-state index in [-0.39, 0.29) is 18.9 Å². The van der Waals surface area contributed by atoms with Crippen LogP contribution in [0.5, 0.6) is 0 Å². The van der Waals surface area contributed by atoms with Gasteiger partial charge in [0.1, 0.15) is 5.52 Å². The Morgan fingerprint density at radius 1 is 1.64 bits per heavy atom. The summed E-state index contributed by atoms with van der Waals surface area (Å²) < 4.78 is 0. The summed E-state index contributed by atoms with van der Waals surface area (Å²) >= 11 is 0. The van der Waals surface area contributed by atoms with Crippen LogP contribution >= 0.6 is 0 Å². The molecule has 114 valence electrons. The Hall–Kier alpha value is -2.46. The fraction of sp³-hybridized carbons (Fsp3) is 0.467. The second-order valence-corrected chi connectivity index (χ2v) is 5.98. The number of carbonyl (C=O) groups is 1. The average molecular weight is 299 g/mol. The van der Waals surface area contributed by atoms with Crippen LogP contribution in [0, 0.1) is 11.3 Å². The fourth-order valence-electron chi connectivity index (χ4n) is 2.25.